The van der Waals surface area contributed by atoms with Crippen LogP contribution >= 0.6 is 0 Å². The van der Waals surface area contributed by atoms with Gasteiger partial charge in [-0.15, -0.1) is 0 Å². The second kappa shape index (κ2) is 12.6. The lowest BCUT2D eigenvalue weighted by atomic mass is 10.1. The minimum absolute atomic E-state index is 0.0198. The summed E-state index contributed by atoms with van der Waals surface area (Å²) in [5, 5.41) is 13.5. The van der Waals surface area contributed by atoms with Gasteiger partial charge in [-0.05, 0) is 50.8 Å². The van der Waals surface area contributed by atoms with E-state index in [4.69, 9.17) is 20.9 Å². The van der Waals surface area contributed by atoms with Crippen molar-refractivity contribution in [2.45, 2.75) is 52.1 Å². The zero-order chi connectivity index (χ0) is 26.9. The summed E-state index contributed by atoms with van der Waals surface area (Å²) in [6, 6.07) is 7.50. The number of esters is 2. The Labute approximate surface area is 214 Å². The van der Waals surface area contributed by atoms with Crippen LogP contribution in [0, 0.1) is 0 Å². The molecule has 0 fully saturated rings. The zero-order valence-corrected chi connectivity index (χ0v) is 20.9. The van der Waals surface area contributed by atoms with Gasteiger partial charge in [-0.2, -0.15) is 9.97 Å². The van der Waals surface area contributed by atoms with Crippen LogP contribution in [0.1, 0.15) is 49.0 Å². The van der Waals surface area contributed by atoms with Gasteiger partial charge in [0.25, 0.3) is 5.91 Å². The molecule has 1 aromatic carbocycles. The number of carbonyl (C=O) groups excluding carboxylic acids is 3. The number of carbonyl (C=O) groups is 3. The third-order valence-electron chi connectivity index (χ3n) is 5.66. The Morgan fingerprint density at radius 1 is 1.08 bits per heavy atom. The highest BCUT2D eigenvalue weighted by Gasteiger charge is 2.24. The number of nitrogen functional groups attached to an aromatic ring is 2. The maximum absolute atomic E-state index is 12.7. The minimum atomic E-state index is -0.965. The first-order valence-electron chi connectivity index (χ1n) is 12.1. The highest BCUT2D eigenvalue weighted by Crippen LogP contribution is 2.27. The van der Waals surface area contributed by atoms with Crippen LogP contribution in [0.3, 0.4) is 0 Å². The van der Waals surface area contributed by atoms with Gasteiger partial charge in [0, 0.05) is 24.6 Å². The number of aromatic nitrogens is 3. The summed E-state index contributed by atoms with van der Waals surface area (Å²) in [4.78, 5) is 44.8. The van der Waals surface area contributed by atoms with Crippen LogP contribution in [0.15, 0.2) is 30.3 Å². The summed E-state index contributed by atoms with van der Waals surface area (Å²) in [5.74, 6) is -1.25. The number of nitrogens with two attached hydrogens (primary N) is 2. The standard InChI is InChI=1S/C25H32N6O6/c1-3-36-20(33)12-11-18(24(35)37-4-2)28-23(34)16-9-7-15(8-10-16)6-5-13-31-19(32)14-17-21(26)29-25(27)30-22(17)31/h7-10,14,18,32H,3-6,11-13H2,1-2H3,(H,28,34)(H4,26,27,29,30)/t18-/m0/s1. The summed E-state index contributed by atoms with van der Waals surface area (Å²) in [5.41, 5.74) is 13.4. The van der Waals surface area contributed by atoms with E-state index in [1.54, 1.807) is 30.5 Å². The molecular weight excluding hydrogens is 480 g/mol. The van der Waals surface area contributed by atoms with Crippen molar-refractivity contribution < 1.29 is 29.0 Å². The third-order valence-corrected chi connectivity index (χ3v) is 5.66. The van der Waals surface area contributed by atoms with Gasteiger partial charge < -0.3 is 31.4 Å². The van der Waals surface area contributed by atoms with Crippen LogP contribution in [-0.2, 0) is 32.0 Å². The van der Waals surface area contributed by atoms with E-state index in [1.807, 2.05) is 12.1 Å². The Kier molecular flexibility index (Phi) is 9.25. The molecule has 0 aliphatic rings. The van der Waals surface area contributed by atoms with Gasteiger partial charge in [-0.1, -0.05) is 12.1 Å². The third kappa shape index (κ3) is 7.09. The topological polar surface area (TPSA) is 185 Å². The van der Waals surface area contributed by atoms with E-state index in [0.29, 0.717) is 36.0 Å². The number of amides is 1. The van der Waals surface area contributed by atoms with Gasteiger partial charge in [0.1, 0.15) is 11.9 Å². The molecule has 0 saturated heterocycles. The fraction of sp³-hybridized carbons (Fsp3) is 0.400. The zero-order valence-electron chi connectivity index (χ0n) is 20.9. The smallest absolute Gasteiger partial charge is 0.328 e. The van der Waals surface area contributed by atoms with E-state index in [9.17, 15) is 19.5 Å². The van der Waals surface area contributed by atoms with Crippen LogP contribution in [-0.4, -0.2) is 56.7 Å². The van der Waals surface area contributed by atoms with Crippen molar-refractivity contribution in [2.75, 3.05) is 24.7 Å². The van der Waals surface area contributed by atoms with E-state index < -0.39 is 23.9 Å². The van der Waals surface area contributed by atoms with Crippen molar-refractivity contribution in [3.05, 3.63) is 41.5 Å². The molecule has 0 radical (unpaired) electrons. The first-order valence-corrected chi connectivity index (χ1v) is 12.1. The normalized spacial score (nSPS) is 11.7. The van der Waals surface area contributed by atoms with E-state index >= 15 is 0 Å². The molecule has 6 N–H and O–H groups in total. The maximum Gasteiger partial charge on any atom is 0.328 e. The molecule has 2 aromatic heterocycles. The Balaban J connectivity index is 1.59. The predicted molar refractivity (Wildman–Crippen MR) is 137 cm³/mol. The number of aryl methyl sites for hydroxylation is 2. The number of ether oxygens (including phenoxy) is 2. The van der Waals surface area contributed by atoms with Crippen molar-refractivity contribution in [2.24, 2.45) is 0 Å². The number of hydrogen-bond donors (Lipinski definition) is 4. The summed E-state index contributed by atoms with van der Waals surface area (Å²) in [6.45, 7) is 4.22. The van der Waals surface area contributed by atoms with Crippen molar-refractivity contribution in [1.82, 2.24) is 19.9 Å². The Hall–Kier alpha value is -4.35. The van der Waals surface area contributed by atoms with E-state index in [0.717, 1.165) is 5.56 Å². The predicted octanol–water partition coefficient (Wildman–Crippen LogP) is 1.94. The minimum Gasteiger partial charge on any atom is -0.494 e. The van der Waals surface area contributed by atoms with Gasteiger partial charge in [-0.3, -0.25) is 14.2 Å². The molecule has 198 valence electrons. The van der Waals surface area contributed by atoms with E-state index in [-0.39, 0.29) is 43.7 Å². The molecule has 3 aromatic rings. The largest absolute Gasteiger partial charge is 0.494 e. The molecule has 1 atom stereocenters. The molecule has 2 heterocycles. The van der Waals surface area contributed by atoms with Gasteiger partial charge in [-0.25, -0.2) is 4.79 Å². The van der Waals surface area contributed by atoms with Gasteiger partial charge in [0.05, 0.1) is 18.6 Å². The van der Waals surface area contributed by atoms with Gasteiger partial charge >= 0.3 is 11.9 Å². The lowest BCUT2D eigenvalue weighted by Gasteiger charge is -2.17. The summed E-state index contributed by atoms with van der Waals surface area (Å²) in [6.07, 6.45) is 1.39. The van der Waals surface area contributed by atoms with Crippen molar-refractivity contribution in [3.8, 4) is 5.88 Å². The average Bonchev–Trinajstić information content (AvgIpc) is 3.17. The molecule has 0 aliphatic carbocycles. The van der Waals surface area contributed by atoms with Crippen molar-refractivity contribution in [1.29, 1.82) is 0 Å². The number of hydrogen-bond acceptors (Lipinski definition) is 10. The molecule has 0 aliphatic heterocycles. The van der Waals surface area contributed by atoms with Crippen LogP contribution in [0.2, 0.25) is 0 Å². The number of nitrogens with zero attached hydrogens (tertiary/aromatic N) is 3. The SMILES string of the molecule is CCOC(=O)CC[C@H](NC(=O)c1ccc(CCCn2c(O)cc3c(N)nc(N)nc32)cc1)C(=O)OCC. The summed E-state index contributed by atoms with van der Waals surface area (Å²) < 4.78 is 11.5. The lowest BCUT2D eigenvalue weighted by Crippen LogP contribution is -2.42. The maximum atomic E-state index is 12.7. The average molecular weight is 513 g/mol. The second-order valence-electron chi connectivity index (χ2n) is 8.28. The molecule has 0 unspecified atom stereocenters. The fourth-order valence-corrected chi connectivity index (χ4v) is 3.86. The number of aromatic hydroxyl groups is 1. The lowest BCUT2D eigenvalue weighted by molar-refractivity contribution is -0.146. The number of anilines is 2. The number of nitrogens with one attached hydrogen (secondary N) is 1. The number of benzene rings is 1. The van der Waals surface area contributed by atoms with Crippen LogP contribution in [0.5, 0.6) is 5.88 Å². The molecule has 1 amide bonds. The van der Waals surface area contributed by atoms with E-state index in [2.05, 4.69) is 15.3 Å². The van der Waals surface area contributed by atoms with Gasteiger partial charge in [0.2, 0.25) is 5.95 Å². The van der Waals surface area contributed by atoms with Crippen molar-refractivity contribution in [3.63, 3.8) is 0 Å². The quantitative estimate of drug-likeness (QED) is 0.261. The molecule has 0 spiro atoms. The first-order chi connectivity index (χ1) is 17.7. The second-order valence-corrected chi connectivity index (χ2v) is 8.28. The summed E-state index contributed by atoms with van der Waals surface area (Å²) >= 11 is 0. The Morgan fingerprint density at radius 2 is 1.78 bits per heavy atom. The van der Waals surface area contributed by atoms with Gasteiger partial charge in [0.15, 0.2) is 11.5 Å². The summed E-state index contributed by atoms with van der Waals surface area (Å²) in [7, 11) is 0. The molecule has 3 rings (SSSR count). The molecule has 0 saturated carbocycles. The number of rotatable bonds is 12. The van der Waals surface area contributed by atoms with Crippen molar-refractivity contribution >= 4 is 40.6 Å². The molecule has 0 bridgehead atoms. The number of fused-ring (bicyclic) bond motifs is 1. The molecule has 12 nitrogen and oxygen atoms in total. The highest BCUT2D eigenvalue weighted by atomic mass is 16.5. The monoisotopic (exact) mass is 512 g/mol. The Bertz CT molecular complexity index is 1260. The van der Waals surface area contributed by atoms with Crippen LogP contribution < -0.4 is 16.8 Å². The fourth-order valence-electron chi connectivity index (χ4n) is 3.86. The molecule has 12 heteroatoms. The first kappa shape index (κ1) is 27.2. The Morgan fingerprint density at radius 3 is 2.46 bits per heavy atom. The highest BCUT2D eigenvalue weighted by molar-refractivity contribution is 5.97. The molecule has 37 heavy (non-hydrogen) atoms. The van der Waals surface area contributed by atoms with Crippen LogP contribution in [0.4, 0.5) is 11.8 Å². The van der Waals surface area contributed by atoms with Crippen LogP contribution in [0.25, 0.3) is 11.0 Å². The van der Waals surface area contributed by atoms with E-state index in [1.165, 1.54) is 6.07 Å². The molecular formula is C25H32N6O6.